The van der Waals surface area contributed by atoms with Crippen LogP contribution in [-0.4, -0.2) is 26.6 Å². The molecule has 5 nitrogen and oxygen atoms in total. The maximum atomic E-state index is 14.1. The highest BCUT2D eigenvalue weighted by Crippen LogP contribution is 2.25. The molecule has 26 heavy (non-hydrogen) atoms. The minimum atomic E-state index is -3.93. The predicted molar refractivity (Wildman–Crippen MR) is 96.0 cm³/mol. The number of sulfonamides is 1. The van der Waals surface area contributed by atoms with Gasteiger partial charge in [-0.05, 0) is 24.6 Å². The fraction of sp³-hybridized carbons (Fsp3) is 0.278. The van der Waals surface area contributed by atoms with E-state index in [4.69, 9.17) is 0 Å². The van der Waals surface area contributed by atoms with Gasteiger partial charge in [-0.15, -0.1) is 0 Å². The third kappa shape index (κ3) is 4.57. The van der Waals surface area contributed by atoms with Crippen molar-refractivity contribution in [2.24, 2.45) is 0 Å². The standard InChI is InChI=1S/C18H20F2N2O3S/c1-3-16(18(23)21-12-13-8-4-5-9-14(13)19)22(26(2,24)25)17-11-7-6-10-15(17)20/h4-11,16H,3,12H2,1-2H3,(H,21,23). The Balaban J connectivity index is 2.29. The molecule has 0 radical (unpaired) electrons. The molecule has 1 atom stereocenters. The van der Waals surface area contributed by atoms with Gasteiger partial charge in [0, 0.05) is 12.1 Å². The summed E-state index contributed by atoms with van der Waals surface area (Å²) in [4.78, 5) is 12.6. The summed E-state index contributed by atoms with van der Waals surface area (Å²) in [5.41, 5.74) is 0.0652. The molecule has 0 spiro atoms. The molecule has 0 aliphatic rings. The van der Waals surface area contributed by atoms with Gasteiger partial charge in [-0.1, -0.05) is 37.3 Å². The van der Waals surface area contributed by atoms with Gasteiger partial charge < -0.3 is 5.32 Å². The number of benzene rings is 2. The minimum Gasteiger partial charge on any atom is -0.350 e. The third-order valence-corrected chi connectivity index (χ3v) is 5.00. The zero-order chi connectivity index (χ0) is 19.3. The Morgan fingerprint density at radius 3 is 2.19 bits per heavy atom. The number of nitrogens with one attached hydrogen (secondary N) is 1. The Morgan fingerprint density at radius 2 is 1.65 bits per heavy atom. The van der Waals surface area contributed by atoms with Crippen molar-refractivity contribution in [2.45, 2.75) is 25.9 Å². The first-order valence-electron chi connectivity index (χ1n) is 8.00. The Bertz CT molecular complexity index is 888. The van der Waals surface area contributed by atoms with Crippen LogP contribution in [0.2, 0.25) is 0 Å². The lowest BCUT2D eigenvalue weighted by atomic mass is 10.1. The molecule has 8 heteroatoms. The van der Waals surface area contributed by atoms with Gasteiger partial charge >= 0.3 is 0 Å². The van der Waals surface area contributed by atoms with Gasteiger partial charge in [-0.25, -0.2) is 17.2 Å². The van der Waals surface area contributed by atoms with Gasteiger partial charge in [0.05, 0.1) is 11.9 Å². The summed E-state index contributed by atoms with van der Waals surface area (Å²) in [6, 6.07) is 10.1. The summed E-state index contributed by atoms with van der Waals surface area (Å²) in [5.74, 6) is -1.86. The SMILES string of the molecule is CCC(C(=O)NCc1ccccc1F)N(c1ccccc1F)S(C)(=O)=O. The molecule has 2 rings (SSSR count). The van der Waals surface area contributed by atoms with Crippen molar-refractivity contribution >= 4 is 21.6 Å². The van der Waals surface area contributed by atoms with Crippen LogP contribution in [0.25, 0.3) is 0 Å². The van der Waals surface area contributed by atoms with Crippen LogP contribution in [0.3, 0.4) is 0 Å². The van der Waals surface area contributed by atoms with Gasteiger partial charge in [0.15, 0.2) is 0 Å². The Labute approximate surface area is 151 Å². The van der Waals surface area contributed by atoms with Crippen LogP contribution < -0.4 is 9.62 Å². The second-order valence-electron chi connectivity index (χ2n) is 5.74. The number of hydrogen-bond donors (Lipinski definition) is 1. The summed E-state index contributed by atoms with van der Waals surface area (Å²) in [5, 5.41) is 2.53. The number of rotatable bonds is 7. The largest absolute Gasteiger partial charge is 0.350 e. The van der Waals surface area contributed by atoms with E-state index in [1.807, 2.05) is 0 Å². The third-order valence-electron chi connectivity index (χ3n) is 3.83. The number of anilines is 1. The highest BCUT2D eigenvalue weighted by Gasteiger charge is 2.32. The molecule has 2 aromatic rings. The number of para-hydroxylation sites is 1. The van der Waals surface area contributed by atoms with Crippen LogP contribution >= 0.6 is 0 Å². The maximum Gasteiger partial charge on any atom is 0.244 e. The van der Waals surface area contributed by atoms with E-state index in [2.05, 4.69) is 5.32 Å². The van der Waals surface area contributed by atoms with Crippen molar-refractivity contribution in [3.05, 3.63) is 65.7 Å². The normalized spacial score (nSPS) is 12.5. The molecule has 140 valence electrons. The van der Waals surface area contributed by atoms with Crippen molar-refractivity contribution in [1.29, 1.82) is 0 Å². The average Bonchev–Trinajstić information content (AvgIpc) is 2.58. The second kappa shape index (κ2) is 8.27. The summed E-state index contributed by atoms with van der Waals surface area (Å²) in [7, 11) is -3.93. The molecule has 0 heterocycles. The Kier molecular flexibility index (Phi) is 6.31. The zero-order valence-corrected chi connectivity index (χ0v) is 15.3. The first-order valence-corrected chi connectivity index (χ1v) is 9.85. The number of hydrogen-bond acceptors (Lipinski definition) is 3. The average molecular weight is 382 g/mol. The van der Waals surface area contributed by atoms with Crippen molar-refractivity contribution in [2.75, 3.05) is 10.6 Å². The van der Waals surface area contributed by atoms with E-state index in [9.17, 15) is 22.0 Å². The molecule has 0 aliphatic carbocycles. The van der Waals surface area contributed by atoms with Crippen molar-refractivity contribution in [1.82, 2.24) is 5.32 Å². The van der Waals surface area contributed by atoms with Crippen LogP contribution in [0.4, 0.5) is 14.5 Å². The van der Waals surface area contributed by atoms with Gasteiger partial charge in [0.1, 0.15) is 17.7 Å². The van der Waals surface area contributed by atoms with Crippen LogP contribution in [0.15, 0.2) is 48.5 Å². The summed E-state index contributed by atoms with van der Waals surface area (Å²) >= 11 is 0. The van der Waals surface area contributed by atoms with Crippen LogP contribution in [0.5, 0.6) is 0 Å². The number of carbonyl (C=O) groups excluding carboxylic acids is 1. The Hall–Kier alpha value is -2.48. The van der Waals surface area contributed by atoms with E-state index in [0.29, 0.717) is 0 Å². The maximum absolute atomic E-state index is 14.1. The van der Waals surface area contributed by atoms with E-state index in [0.717, 1.165) is 16.6 Å². The minimum absolute atomic E-state index is 0.100. The van der Waals surface area contributed by atoms with E-state index >= 15 is 0 Å². The molecule has 0 bridgehead atoms. The molecular weight excluding hydrogens is 362 g/mol. The monoisotopic (exact) mass is 382 g/mol. The summed E-state index contributed by atoms with van der Waals surface area (Å²) < 4.78 is 53.1. The smallest absolute Gasteiger partial charge is 0.244 e. The van der Waals surface area contributed by atoms with Crippen molar-refractivity contribution in [3.63, 3.8) is 0 Å². The fourth-order valence-electron chi connectivity index (χ4n) is 2.61. The van der Waals surface area contributed by atoms with Gasteiger partial charge in [0.25, 0.3) is 0 Å². The van der Waals surface area contributed by atoms with Gasteiger partial charge in [-0.3, -0.25) is 9.10 Å². The van der Waals surface area contributed by atoms with E-state index in [-0.39, 0.29) is 24.2 Å². The van der Waals surface area contributed by atoms with E-state index in [1.54, 1.807) is 13.0 Å². The molecule has 1 amide bonds. The van der Waals surface area contributed by atoms with E-state index in [1.165, 1.54) is 36.4 Å². The van der Waals surface area contributed by atoms with Crippen LogP contribution in [-0.2, 0) is 21.4 Å². The zero-order valence-electron chi connectivity index (χ0n) is 14.4. The van der Waals surface area contributed by atoms with Crippen LogP contribution in [0.1, 0.15) is 18.9 Å². The number of carbonyl (C=O) groups is 1. The van der Waals surface area contributed by atoms with Gasteiger partial charge in [0.2, 0.25) is 15.9 Å². The molecule has 0 aliphatic heterocycles. The van der Waals surface area contributed by atoms with Crippen molar-refractivity contribution < 1.29 is 22.0 Å². The lowest BCUT2D eigenvalue weighted by Crippen LogP contribution is -2.49. The summed E-state index contributed by atoms with van der Waals surface area (Å²) in [6.07, 6.45) is 1.02. The molecule has 1 N–H and O–H groups in total. The molecule has 0 saturated heterocycles. The molecule has 0 saturated carbocycles. The molecule has 0 aromatic heterocycles. The molecule has 2 aromatic carbocycles. The van der Waals surface area contributed by atoms with E-state index < -0.39 is 33.6 Å². The lowest BCUT2D eigenvalue weighted by molar-refractivity contribution is -0.122. The summed E-state index contributed by atoms with van der Waals surface area (Å²) in [6.45, 7) is 1.52. The second-order valence-corrected chi connectivity index (χ2v) is 7.60. The van der Waals surface area contributed by atoms with Crippen LogP contribution in [0, 0.1) is 11.6 Å². The first kappa shape index (κ1) is 19.8. The molecule has 1 unspecified atom stereocenters. The number of amides is 1. The first-order chi connectivity index (χ1) is 12.3. The topological polar surface area (TPSA) is 66.5 Å². The van der Waals surface area contributed by atoms with Crippen molar-refractivity contribution in [3.8, 4) is 0 Å². The molecule has 0 fully saturated rings. The highest BCUT2D eigenvalue weighted by atomic mass is 32.2. The number of halogens is 2. The lowest BCUT2D eigenvalue weighted by Gasteiger charge is -2.30. The number of nitrogens with zero attached hydrogens (tertiary/aromatic N) is 1. The molecular formula is C18H20F2N2O3S. The van der Waals surface area contributed by atoms with Gasteiger partial charge in [-0.2, -0.15) is 0 Å². The fourth-order valence-corrected chi connectivity index (χ4v) is 3.82. The highest BCUT2D eigenvalue weighted by molar-refractivity contribution is 7.92. The predicted octanol–water partition coefficient (Wildman–Crippen LogP) is 2.83. The Morgan fingerprint density at radius 1 is 1.08 bits per heavy atom. The quantitative estimate of drug-likeness (QED) is 0.801.